The Kier molecular flexibility index (Phi) is 4.04. The maximum absolute atomic E-state index is 9.62. The van der Waals surface area contributed by atoms with Crippen LogP contribution in [0.2, 0.25) is 0 Å². The second-order valence-corrected chi connectivity index (χ2v) is 1.25. The zero-order valence-corrected chi connectivity index (χ0v) is 4.86. The third-order valence-corrected chi connectivity index (χ3v) is 0.566. The lowest BCUT2D eigenvalue weighted by atomic mass is 10.5. The summed E-state index contributed by atoms with van der Waals surface area (Å²) in [5, 5.41) is 9.62. The normalized spacial score (nSPS) is 10.7. The summed E-state index contributed by atoms with van der Waals surface area (Å²) in [5.74, 6) is 0. The van der Waals surface area contributed by atoms with Crippen LogP contribution >= 0.6 is 0 Å². The Morgan fingerprint density at radius 3 is 2.44 bits per heavy atom. The standard InChI is InChI=1S/C6H7NO2/c1-2-3-4-5-6-7(8)9/h2-6H,1H2/b4-3?,6-5+. The average Bonchev–Trinajstić information content (AvgIpc) is 1.80. The second kappa shape index (κ2) is 4.77. The van der Waals surface area contributed by atoms with Crippen molar-refractivity contribution in [2.24, 2.45) is 0 Å². The topological polar surface area (TPSA) is 43.1 Å². The van der Waals surface area contributed by atoms with Crippen LogP contribution in [0.1, 0.15) is 0 Å². The van der Waals surface area contributed by atoms with Gasteiger partial charge in [0.15, 0.2) is 0 Å². The fourth-order valence-corrected chi connectivity index (χ4v) is 0.263. The first-order valence-electron chi connectivity index (χ1n) is 2.36. The minimum Gasteiger partial charge on any atom is -0.259 e. The molecule has 0 heterocycles. The smallest absolute Gasteiger partial charge is 0.234 e. The van der Waals surface area contributed by atoms with Crippen molar-refractivity contribution >= 4 is 0 Å². The maximum Gasteiger partial charge on any atom is 0.234 e. The molecule has 0 radical (unpaired) electrons. The van der Waals surface area contributed by atoms with Crippen molar-refractivity contribution in [3.05, 3.63) is 47.2 Å². The minimum atomic E-state index is -0.520. The van der Waals surface area contributed by atoms with Crippen LogP contribution in [0, 0.1) is 10.1 Å². The molecule has 0 bridgehead atoms. The van der Waals surface area contributed by atoms with E-state index in [1.54, 1.807) is 12.2 Å². The predicted molar refractivity (Wildman–Crippen MR) is 35.5 cm³/mol. The molecule has 0 saturated heterocycles. The molecule has 0 rings (SSSR count). The van der Waals surface area contributed by atoms with Gasteiger partial charge >= 0.3 is 0 Å². The molecule has 0 saturated carbocycles. The Bertz CT molecular complexity index is 158. The van der Waals surface area contributed by atoms with Gasteiger partial charge in [-0.15, -0.1) is 0 Å². The Balaban J connectivity index is 3.59. The van der Waals surface area contributed by atoms with Gasteiger partial charge in [0.25, 0.3) is 0 Å². The van der Waals surface area contributed by atoms with E-state index >= 15 is 0 Å². The van der Waals surface area contributed by atoms with Gasteiger partial charge < -0.3 is 0 Å². The number of hydrogen-bond donors (Lipinski definition) is 0. The lowest BCUT2D eigenvalue weighted by Crippen LogP contribution is -1.79. The molecule has 0 atom stereocenters. The van der Waals surface area contributed by atoms with E-state index in [4.69, 9.17) is 0 Å². The van der Waals surface area contributed by atoms with Crippen LogP contribution in [-0.4, -0.2) is 4.92 Å². The fourth-order valence-electron chi connectivity index (χ4n) is 0.263. The second-order valence-electron chi connectivity index (χ2n) is 1.25. The van der Waals surface area contributed by atoms with Crippen LogP contribution in [0.15, 0.2) is 37.1 Å². The average molecular weight is 125 g/mol. The SMILES string of the molecule is C=CC=C/C=C/[N+](=O)[O-]. The van der Waals surface area contributed by atoms with Crippen molar-refractivity contribution in [2.75, 3.05) is 0 Å². The summed E-state index contributed by atoms with van der Waals surface area (Å²) in [6, 6.07) is 0. The van der Waals surface area contributed by atoms with Gasteiger partial charge in [0, 0.05) is 6.08 Å². The van der Waals surface area contributed by atoms with Gasteiger partial charge in [-0.05, 0) is 0 Å². The molecule has 0 N–H and O–H groups in total. The molecule has 0 aromatic heterocycles. The summed E-state index contributed by atoms with van der Waals surface area (Å²) in [6.45, 7) is 3.39. The van der Waals surface area contributed by atoms with Crippen LogP contribution in [0.3, 0.4) is 0 Å². The molecule has 0 fully saturated rings. The summed E-state index contributed by atoms with van der Waals surface area (Å²) in [6.07, 6.45) is 6.89. The van der Waals surface area contributed by atoms with E-state index in [-0.39, 0.29) is 0 Å². The number of rotatable bonds is 3. The molecule has 0 aliphatic heterocycles. The predicted octanol–water partition coefficient (Wildman–Crippen LogP) is 1.52. The number of allylic oxidation sites excluding steroid dienone is 4. The van der Waals surface area contributed by atoms with E-state index in [1.807, 2.05) is 0 Å². The van der Waals surface area contributed by atoms with Crippen molar-refractivity contribution in [3.63, 3.8) is 0 Å². The molecule has 9 heavy (non-hydrogen) atoms. The van der Waals surface area contributed by atoms with Crippen molar-refractivity contribution in [1.82, 2.24) is 0 Å². The van der Waals surface area contributed by atoms with Crippen LogP contribution in [0.25, 0.3) is 0 Å². The summed E-state index contributed by atoms with van der Waals surface area (Å²) in [4.78, 5) is 9.10. The zero-order chi connectivity index (χ0) is 7.11. The van der Waals surface area contributed by atoms with Crippen LogP contribution in [0.5, 0.6) is 0 Å². The molecule has 3 nitrogen and oxygen atoms in total. The first-order valence-corrected chi connectivity index (χ1v) is 2.36. The first-order chi connectivity index (χ1) is 4.27. The third kappa shape index (κ3) is 6.62. The van der Waals surface area contributed by atoms with E-state index in [2.05, 4.69) is 6.58 Å². The highest BCUT2D eigenvalue weighted by molar-refractivity contribution is 5.06. The van der Waals surface area contributed by atoms with E-state index in [0.29, 0.717) is 0 Å². The summed E-state index contributed by atoms with van der Waals surface area (Å²) < 4.78 is 0. The van der Waals surface area contributed by atoms with Crippen molar-refractivity contribution in [1.29, 1.82) is 0 Å². The number of nitro groups is 1. The largest absolute Gasteiger partial charge is 0.259 e. The van der Waals surface area contributed by atoms with E-state index < -0.39 is 4.92 Å². The molecule has 0 aromatic rings. The van der Waals surface area contributed by atoms with Crippen molar-refractivity contribution in [3.8, 4) is 0 Å². The molecule has 0 amide bonds. The third-order valence-electron chi connectivity index (χ3n) is 0.566. The van der Waals surface area contributed by atoms with Crippen LogP contribution in [0.4, 0.5) is 0 Å². The molecule has 3 heteroatoms. The van der Waals surface area contributed by atoms with Crippen LogP contribution in [-0.2, 0) is 0 Å². The van der Waals surface area contributed by atoms with Gasteiger partial charge in [0.05, 0.1) is 4.92 Å². The summed E-state index contributed by atoms with van der Waals surface area (Å²) in [7, 11) is 0. The minimum absolute atomic E-state index is 0.520. The highest BCUT2D eigenvalue weighted by Crippen LogP contribution is 1.77. The van der Waals surface area contributed by atoms with Gasteiger partial charge in [0.2, 0.25) is 6.20 Å². The summed E-state index contributed by atoms with van der Waals surface area (Å²) >= 11 is 0. The maximum atomic E-state index is 9.62. The quantitative estimate of drug-likeness (QED) is 0.326. The van der Waals surface area contributed by atoms with Crippen LogP contribution < -0.4 is 0 Å². The monoisotopic (exact) mass is 125 g/mol. The molecule has 0 aromatic carbocycles. The molecule has 0 unspecified atom stereocenters. The number of nitrogens with zero attached hydrogens (tertiary/aromatic N) is 1. The molecule has 48 valence electrons. The van der Waals surface area contributed by atoms with E-state index in [0.717, 1.165) is 6.20 Å². The molecule has 0 aliphatic carbocycles. The van der Waals surface area contributed by atoms with Gasteiger partial charge in [-0.1, -0.05) is 24.8 Å². The first kappa shape index (κ1) is 7.62. The molecular formula is C6H7NO2. The Hall–Kier alpha value is -1.38. The molecule has 0 aliphatic rings. The Morgan fingerprint density at radius 2 is 2.00 bits per heavy atom. The Labute approximate surface area is 53.1 Å². The Morgan fingerprint density at radius 1 is 1.33 bits per heavy atom. The molecular weight excluding hydrogens is 118 g/mol. The van der Waals surface area contributed by atoms with E-state index in [1.165, 1.54) is 12.2 Å². The molecule has 0 spiro atoms. The van der Waals surface area contributed by atoms with E-state index in [9.17, 15) is 10.1 Å². The highest BCUT2D eigenvalue weighted by Gasteiger charge is 1.76. The lowest BCUT2D eigenvalue weighted by molar-refractivity contribution is -0.402. The lowest BCUT2D eigenvalue weighted by Gasteiger charge is -1.72. The van der Waals surface area contributed by atoms with Gasteiger partial charge in [-0.3, -0.25) is 10.1 Å². The van der Waals surface area contributed by atoms with Gasteiger partial charge in [-0.2, -0.15) is 0 Å². The zero-order valence-electron chi connectivity index (χ0n) is 4.86. The van der Waals surface area contributed by atoms with Gasteiger partial charge in [-0.25, -0.2) is 0 Å². The van der Waals surface area contributed by atoms with Gasteiger partial charge in [0.1, 0.15) is 0 Å². The van der Waals surface area contributed by atoms with Crippen molar-refractivity contribution < 1.29 is 4.92 Å². The number of hydrogen-bond acceptors (Lipinski definition) is 2. The summed E-state index contributed by atoms with van der Waals surface area (Å²) in [5.41, 5.74) is 0. The fraction of sp³-hybridized carbons (Fsp3) is 0. The van der Waals surface area contributed by atoms with Crippen molar-refractivity contribution in [2.45, 2.75) is 0 Å². The highest BCUT2D eigenvalue weighted by atomic mass is 16.6.